The fourth-order valence-corrected chi connectivity index (χ4v) is 1.25. The van der Waals surface area contributed by atoms with Crippen molar-refractivity contribution in [1.82, 2.24) is 0 Å². The summed E-state index contributed by atoms with van der Waals surface area (Å²) in [4.78, 5) is 10.6. The van der Waals surface area contributed by atoms with Crippen molar-refractivity contribution >= 4 is 5.97 Å². The van der Waals surface area contributed by atoms with Crippen LogP contribution in [-0.4, -0.2) is 38.5 Å². The second kappa shape index (κ2) is 6.56. The molecule has 1 unspecified atom stereocenters. The zero-order chi connectivity index (χ0) is 10.2. The third-order valence-corrected chi connectivity index (χ3v) is 1.97. The Morgan fingerprint density at radius 3 is 3.07 bits per heavy atom. The number of carbonyl (C=O) groups excluding carboxylic acids is 1. The first-order chi connectivity index (χ1) is 6.83. The number of ether oxygens (including phenoxy) is 3. The van der Waals surface area contributed by atoms with Crippen molar-refractivity contribution in [3.05, 3.63) is 12.7 Å². The summed E-state index contributed by atoms with van der Waals surface area (Å²) in [6.45, 7) is 5.40. The van der Waals surface area contributed by atoms with Gasteiger partial charge in [-0.15, -0.1) is 0 Å². The Labute approximate surface area is 83.8 Å². The van der Waals surface area contributed by atoms with Crippen LogP contribution in [0.15, 0.2) is 12.7 Å². The van der Waals surface area contributed by atoms with E-state index >= 15 is 0 Å². The maximum Gasteiger partial charge on any atom is 0.330 e. The summed E-state index contributed by atoms with van der Waals surface area (Å²) in [5.74, 6) is -0.411. The molecule has 0 radical (unpaired) electrons. The van der Waals surface area contributed by atoms with Gasteiger partial charge < -0.3 is 14.2 Å². The first kappa shape index (κ1) is 11.2. The lowest BCUT2D eigenvalue weighted by atomic mass is 10.2. The predicted octanol–water partition coefficient (Wildman–Crippen LogP) is 0.911. The van der Waals surface area contributed by atoms with Gasteiger partial charge in [0.1, 0.15) is 6.61 Å². The summed E-state index contributed by atoms with van der Waals surface area (Å²) in [7, 11) is 0. The third kappa shape index (κ3) is 4.39. The largest absolute Gasteiger partial charge is 0.460 e. The molecule has 4 heteroatoms. The van der Waals surface area contributed by atoms with Crippen molar-refractivity contribution in [2.45, 2.75) is 18.9 Å². The zero-order valence-electron chi connectivity index (χ0n) is 8.24. The summed E-state index contributed by atoms with van der Waals surface area (Å²) >= 11 is 0. The fraction of sp³-hybridized carbons (Fsp3) is 0.700. The van der Waals surface area contributed by atoms with Gasteiger partial charge in [0.2, 0.25) is 0 Å². The van der Waals surface area contributed by atoms with Crippen LogP contribution in [0.25, 0.3) is 0 Å². The quantitative estimate of drug-likeness (QED) is 0.363. The molecular formula is C10H16O4. The maximum absolute atomic E-state index is 10.6. The summed E-state index contributed by atoms with van der Waals surface area (Å²) in [5, 5.41) is 0. The Morgan fingerprint density at radius 1 is 1.57 bits per heavy atom. The van der Waals surface area contributed by atoms with Gasteiger partial charge in [-0.3, -0.25) is 0 Å². The first-order valence-electron chi connectivity index (χ1n) is 4.81. The van der Waals surface area contributed by atoms with Crippen molar-refractivity contribution in [3.8, 4) is 0 Å². The second-order valence-corrected chi connectivity index (χ2v) is 3.08. The molecule has 1 aliphatic heterocycles. The Kier molecular flexibility index (Phi) is 5.25. The molecule has 0 amide bonds. The molecule has 1 aliphatic rings. The van der Waals surface area contributed by atoms with Crippen molar-refractivity contribution in [3.63, 3.8) is 0 Å². The van der Waals surface area contributed by atoms with Crippen LogP contribution in [0.3, 0.4) is 0 Å². The maximum atomic E-state index is 10.6. The molecule has 0 aromatic carbocycles. The smallest absolute Gasteiger partial charge is 0.330 e. The Balaban J connectivity index is 1.88. The van der Waals surface area contributed by atoms with Gasteiger partial charge in [0, 0.05) is 12.7 Å². The van der Waals surface area contributed by atoms with E-state index in [2.05, 4.69) is 6.58 Å². The molecule has 4 nitrogen and oxygen atoms in total. The van der Waals surface area contributed by atoms with Crippen LogP contribution in [0.5, 0.6) is 0 Å². The molecule has 1 rings (SSSR count). The molecule has 0 N–H and O–H groups in total. The van der Waals surface area contributed by atoms with Gasteiger partial charge in [0.25, 0.3) is 0 Å². The van der Waals surface area contributed by atoms with E-state index in [-0.39, 0.29) is 12.7 Å². The van der Waals surface area contributed by atoms with Crippen LogP contribution in [-0.2, 0) is 19.0 Å². The highest BCUT2D eigenvalue weighted by molar-refractivity contribution is 5.81. The minimum Gasteiger partial charge on any atom is -0.460 e. The van der Waals surface area contributed by atoms with Crippen LogP contribution in [0, 0.1) is 0 Å². The van der Waals surface area contributed by atoms with Crippen LogP contribution in [0.2, 0.25) is 0 Å². The Hall–Kier alpha value is -0.870. The fourth-order valence-electron chi connectivity index (χ4n) is 1.25. The van der Waals surface area contributed by atoms with Gasteiger partial charge in [0.05, 0.1) is 19.3 Å². The highest BCUT2D eigenvalue weighted by atomic mass is 16.6. The van der Waals surface area contributed by atoms with E-state index < -0.39 is 5.97 Å². The van der Waals surface area contributed by atoms with Crippen LogP contribution in [0.4, 0.5) is 0 Å². The predicted molar refractivity (Wildman–Crippen MR) is 50.9 cm³/mol. The average molecular weight is 200 g/mol. The molecular weight excluding hydrogens is 184 g/mol. The van der Waals surface area contributed by atoms with Crippen molar-refractivity contribution in [1.29, 1.82) is 0 Å². The summed E-state index contributed by atoms with van der Waals surface area (Å²) in [5.41, 5.74) is 0. The highest BCUT2D eigenvalue weighted by Gasteiger charge is 2.14. The molecule has 0 saturated carbocycles. The zero-order valence-corrected chi connectivity index (χ0v) is 8.24. The molecule has 0 bridgehead atoms. The summed E-state index contributed by atoms with van der Waals surface area (Å²) in [6.07, 6.45) is 3.54. The van der Waals surface area contributed by atoms with E-state index in [1.165, 1.54) is 0 Å². The van der Waals surface area contributed by atoms with Crippen LogP contribution < -0.4 is 0 Å². The van der Waals surface area contributed by atoms with E-state index in [0.717, 1.165) is 25.5 Å². The SMILES string of the molecule is C=CC(=O)OCCOCC1CCCO1. The van der Waals surface area contributed by atoms with E-state index in [0.29, 0.717) is 13.2 Å². The van der Waals surface area contributed by atoms with Gasteiger partial charge in [-0.25, -0.2) is 4.79 Å². The van der Waals surface area contributed by atoms with Crippen molar-refractivity contribution in [2.75, 3.05) is 26.4 Å². The van der Waals surface area contributed by atoms with E-state index in [4.69, 9.17) is 14.2 Å². The van der Waals surface area contributed by atoms with Crippen LogP contribution >= 0.6 is 0 Å². The van der Waals surface area contributed by atoms with Gasteiger partial charge in [-0.2, -0.15) is 0 Å². The minimum absolute atomic E-state index is 0.227. The number of hydrogen-bond donors (Lipinski definition) is 0. The van der Waals surface area contributed by atoms with Gasteiger partial charge in [0.15, 0.2) is 0 Å². The molecule has 0 aliphatic carbocycles. The minimum atomic E-state index is -0.411. The molecule has 1 fully saturated rings. The topological polar surface area (TPSA) is 44.8 Å². The summed E-state index contributed by atoms with van der Waals surface area (Å²) in [6, 6.07) is 0. The Morgan fingerprint density at radius 2 is 2.43 bits per heavy atom. The van der Waals surface area contributed by atoms with Gasteiger partial charge in [-0.05, 0) is 12.8 Å². The number of rotatable bonds is 6. The van der Waals surface area contributed by atoms with E-state index in [1.54, 1.807) is 0 Å². The lowest BCUT2D eigenvalue weighted by Gasteiger charge is -2.09. The number of esters is 1. The van der Waals surface area contributed by atoms with Crippen molar-refractivity contribution in [2.24, 2.45) is 0 Å². The molecule has 1 atom stereocenters. The number of carbonyl (C=O) groups is 1. The summed E-state index contributed by atoms with van der Waals surface area (Å²) < 4.78 is 15.4. The van der Waals surface area contributed by atoms with E-state index in [1.807, 2.05) is 0 Å². The van der Waals surface area contributed by atoms with Crippen LogP contribution in [0.1, 0.15) is 12.8 Å². The standard InChI is InChI=1S/C10H16O4/c1-2-10(11)14-7-6-12-8-9-4-3-5-13-9/h2,9H,1,3-8H2. The molecule has 1 saturated heterocycles. The van der Waals surface area contributed by atoms with Gasteiger partial charge >= 0.3 is 5.97 Å². The molecule has 0 aromatic rings. The number of hydrogen-bond acceptors (Lipinski definition) is 4. The monoisotopic (exact) mass is 200 g/mol. The molecule has 14 heavy (non-hydrogen) atoms. The molecule has 0 spiro atoms. The molecule has 1 heterocycles. The lowest BCUT2D eigenvalue weighted by molar-refractivity contribution is -0.139. The molecule has 80 valence electrons. The normalized spacial score (nSPS) is 20.7. The molecule has 0 aromatic heterocycles. The second-order valence-electron chi connectivity index (χ2n) is 3.08. The first-order valence-corrected chi connectivity index (χ1v) is 4.81. The third-order valence-electron chi connectivity index (χ3n) is 1.97. The highest BCUT2D eigenvalue weighted by Crippen LogP contribution is 2.11. The van der Waals surface area contributed by atoms with Gasteiger partial charge in [-0.1, -0.05) is 6.58 Å². The van der Waals surface area contributed by atoms with Crippen molar-refractivity contribution < 1.29 is 19.0 Å². The van der Waals surface area contributed by atoms with E-state index in [9.17, 15) is 4.79 Å². The average Bonchev–Trinajstić information content (AvgIpc) is 2.69. The Bertz CT molecular complexity index is 185. The lowest BCUT2D eigenvalue weighted by Crippen LogP contribution is -2.17.